The average molecular weight is 170 g/mol. The molecular weight excluding hydrogens is 150 g/mol. The zero-order valence-electron chi connectivity index (χ0n) is 8.19. The minimum atomic E-state index is 1.07. The van der Waals surface area contributed by atoms with Gasteiger partial charge in [-0.05, 0) is 13.0 Å². The fourth-order valence-corrected chi connectivity index (χ4v) is 1.42. The van der Waals surface area contributed by atoms with Crippen LogP contribution in [0.4, 0.5) is 0 Å². The molecule has 1 aliphatic rings. The molecule has 0 aromatic rings. The summed E-state index contributed by atoms with van der Waals surface area (Å²) < 4.78 is 0. The van der Waals surface area contributed by atoms with E-state index in [-0.39, 0.29) is 0 Å². The Morgan fingerprint density at radius 1 is 1.25 bits per heavy atom. The van der Waals surface area contributed by atoms with Gasteiger partial charge in [-0.2, -0.15) is 0 Å². The summed E-state index contributed by atoms with van der Waals surface area (Å²) in [5, 5.41) is 6.70. The van der Waals surface area contributed by atoms with Gasteiger partial charge in [-0.3, -0.25) is 15.5 Å². The number of hydrogen-bond acceptors (Lipinski definition) is 3. The van der Waals surface area contributed by atoms with E-state index in [1.807, 2.05) is 0 Å². The quantitative estimate of drug-likeness (QED) is 0.637. The molecule has 2 N–H and O–H groups in total. The maximum absolute atomic E-state index is 3.35. The van der Waals surface area contributed by atoms with Crippen LogP contribution in [-0.2, 0) is 0 Å². The normalized spacial score (nSPS) is 19.2. The molecule has 0 amide bonds. The Bertz CT molecular complexity index is 110. The van der Waals surface area contributed by atoms with Crippen molar-refractivity contribution in [3.8, 4) is 0 Å². The molecule has 1 aliphatic heterocycles. The van der Waals surface area contributed by atoms with Crippen LogP contribution in [0.15, 0.2) is 0 Å². The van der Waals surface area contributed by atoms with E-state index in [4.69, 9.17) is 0 Å². The van der Waals surface area contributed by atoms with Gasteiger partial charge in [0.15, 0.2) is 6.29 Å². The number of hydrogen-bond donors (Lipinski definition) is 2. The molecule has 0 spiro atoms. The Morgan fingerprint density at radius 2 is 1.92 bits per heavy atom. The highest BCUT2D eigenvalue weighted by molar-refractivity contribution is 4.89. The fraction of sp³-hybridized carbons (Fsp3) is 0.889. The van der Waals surface area contributed by atoms with Gasteiger partial charge in [0.1, 0.15) is 0 Å². The summed E-state index contributed by atoms with van der Waals surface area (Å²) in [6.07, 6.45) is 3.77. The monoisotopic (exact) mass is 170 g/mol. The molecule has 1 saturated heterocycles. The van der Waals surface area contributed by atoms with Crippen LogP contribution >= 0.6 is 0 Å². The predicted molar refractivity (Wildman–Crippen MR) is 51.4 cm³/mol. The van der Waals surface area contributed by atoms with Gasteiger partial charge in [0.2, 0.25) is 0 Å². The lowest BCUT2D eigenvalue weighted by Gasteiger charge is -2.25. The SMILES string of the molecule is CCCCN(CC)[C]1NCCN1. The van der Waals surface area contributed by atoms with Crippen molar-refractivity contribution in [3.63, 3.8) is 0 Å². The van der Waals surface area contributed by atoms with Gasteiger partial charge in [0.05, 0.1) is 0 Å². The second-order valence-corrected chi connectivity index (χ2v) is 3.14. The second-order valence-electron chi connectivity index (χ2n) is 3.14. The summed E-state index contributed by atoms with van der Waals surface area (Å²) >= 11 is 0. The van der Waals surface area contributed by atoms with Crippen LogP contribution in [0, 0.1) is 6.29 Å². The molecule has 1 fully saturated rings. The summed E-state index contributed by atoms with van der Waals surface area (Å²) in [5.41, 5.74) is 0. The molecule has 71 valence electrons. The van der Waals surface area contributed by atoms with Crippen LogP contribution in [0.3, 0.4) is 0 Å². The van der Waals surface area contributed by atoms with Gasteiger partial charge < -0.3 is 0 Å². The molecule has 0 saturated carbocycles. The number of unbranched alkanes of at least 4 members (excludes halogenated alkanes) is 1. The van der Waals surface area contributed by atoms with Crippen molar-refractivity contribution in [1.82, 2.24) is 15.5 Å². The minimum Gasteiger partial charge on any atom is -0.282 e. The molecule has 3 heteroatoms. The highest BCUT2D eigenvalue weighted by Gasteiger charge is 2.20. The first-order chi connectivity index (χ1) is 5.88. The third-order valence-corrected chi connectivity index (χ3v) is 2.19. The Hall–Kier alpha value is -0.120. The van der Waals surface area contributed by atoms with Crippen LogP contribution in [0.2, 0.25) is 0 Å². The van der Waals surface area contributed by atoms with Crippen LogP contribution in [0.1, 0.15) is 26.7 Å². The molecule has 1 rings (SSSR count). The molecular formula is C9H20N3. The Kier molecular flexibility index (Phi) is 4.58. The van der Waals surface area contributed by atoms with Crippen LogP contribution in [-0.4, -0.2) is 31.1 Å². The van der Waals surface area contributed by atoms with E-state index in [9.17, 15) is 0 Å². The molecule has 12 heavy (non-hydrogen) atoms. The largest absolute Gasteiger partial charge is 0.282 e. The zero-order valence-corrected chi connectivity index (χ0v) is 8.19. The zero-order chi connectivity index (χ0) is 8.81. The molecule has 0 aromatic carbocycles. The van der Waals surface area contributed by atoms with Crippen molar-refractivity contribution in [2.45, 2.75) is 26.7 Å². The number of nitrogens with zero attached hydrogens (tertiary/aromatic N) is 1. The lowest BCUT2D eigenvalue weighted by Crippen LogP contribution is -2.41. The van der Waals surface area contributed by atoms with Gasteiger partial charge in [-0.25, -0.2) is 0 Å². The molecule has 1 heterocycles. The van der Waals surface area contributed by atoms with Gasteiger partial charge in [-0.15, -0.1) is 0 Å². The number of rotatable bonds is 5. The lowest BCUT2D eigenvalue weighted by atomic mass is 10.3. The highest BCUT2D eigenvalue weighted by Crippen LogP contribution is 2.05. The van der Waals surface area contributed by atoms with Crippen molar-refractivity contribution in [1.29, 1.82) is 0 Å². The average Bonchev–Trinajstić information content (AvgIpc) is 2.59. The third-order valence-electron chi connectivity index (χ3n) is 2.19. The van der Waals surface area contributed by atoms with E-state index < -0.39 is 0 Å². The van der Waals surface area contributed by atoms with Crippen molar-refractivity contribution in [3.05, 3.63) is 6.29 Å². The van der Waals surface area contributed by atoms with E-state index in [1.165, 1.54) is 25.7 Å². The van der Waals surface area contributed by atoms with Crippen LogP contribution in [0.5, 0.6) is 0 Å². The fourth-order valence-electron chi connectivity index (χ4n) is 1.42. The van der Waals surface area contributed by atoms with Crippen molar-refractivity contribution < 1.29 is 0 Å². The Morgan fingerprint density at radius 3 is 2.42 bits per heavy atom. The first-order valence-electron chi connectivity index (χ1n) is 4.98. The van der Waals surface area contributed by atoms with Gasteiger partial charge in [0, 0.05) is 19.6 Å². The number of nitrogens with one attached hydrogen (secondary N) is 2. The molecule has 0 unspecified atom stereocenters. The Balaban J connectivity index is 2.22. The smallest absolute Gasteiger partial charge is 0.173 e. The molecule has 3 nitrogen and oxygen atoms in total. The van der Waals surface area contributed by atoms with Crippen LogP contribution in [0.25, 0.3) is 0 Å². The minimum absolute atomic E-state index is 1.07. The maximum Gasteiger partial charge on any atom is 0.173 e. The summed E-state index contributed by atoms with van der Waals surface area (Å²) in [7, 11) is 0. The molecule has 0 aliphatic carbocycles. The maximum atomic E-state index is 3.35. The standard InChI is InChI=1S/C9H20N3/c1-3-5-8-12(4-2)9-10-6-7-11-9/h10-11H,3-8H2,1-2H3. The first kappa shape index (κ1) is 9.96. The van der Waals surface area contributed by atoms with Gasteiger partial charge >= 0.3 is 0 Å². The molecule has 0 atom stereocenters. The molecule has 0 aromatic heterocycles. The highest BCUT2D eigenvalue weighted by atomic mass is 15.4. The second kappa shape index (κ2) is 5.51. The van der Waals surface area contributed by atoms with E-state index in [0.717, 1.165) is 19.6 Å². The summed E-state index contributed by atoms with van der Waals surface area (Å²) in [6.45, 7) is 8.83. The van der Waals surface area contributed by atoms with E-state index in [0.29, 0.717) is 0 Å². The van der Waals surface area contributed by atoms with Crippen molar-refractivity contribution in [2.75, 3.05) is 26.2 Å². The molecule has 0 bridgehead atoms. The topological polar surface area (TPSA) is 27.3 Å². The van der Waals surface area contributed by atoms with Gasteiger partial charge in [-0.1, -0.05) is 20.3 Å². The Labute approximate surface area is 75.5 Å². The summed E-state index contributed by atoms with van der Waals surface area (Å²) in [6, 6.07) is 0. The first-order valence-corrected chi connectivity index (χ1v) is 4.98. The lowest BCUT2D eigenvalue weighted by molar-refractivity contribution is 0.258. The van der Waals surface area contributed by atoms with Gasteiger partial charge in [0.25, 0.3) is 0 Å². The van der Waals surface area contributed by atoms with Crippen LogP contribution < -0.4 is 10.6 Å². The third kappa shape index (κ3) is 2.73. The molecule has 1 radical (unpaired) electrons. The van der Waals surface area contributed by atoms with Crippen molar-refractivity contribution >= 4 is 0 Å². The van der Waals surface area contributed by atoms with E-state index >= 15 is 0 Å². The predicted octanol–water partition coefficient (Wildman–Crippen LogP) is 0.748. The summed E-state index contributed by atoms with van der Waals surface area (Å²) in [5.74, 6) is 0. The van der Waals surface area contributed by atoms with E-state index in [2.05, 4.69) is 29.4 Å². The van der Waals surface area contributed by atoms with Crippen molar-refractivity contribution in [2.24, 2.45) is 0 Å². The van der Waals surface area contributed by atoms with E-state index in [1.54, 1.807) is 0 Å². The summed E-state index contributed by atoms with van der Waals surface area (Å²) in [4.78, 5) is 2.37.